The molecule has 0 amide bonds. The van der Waals surface area contributed by atoms with E-state index in [2.05, 4.69) is 38.3 Å². The number of hydrogen-bond acceptors (Lipinski definition) is 3. The van der Waals surface area contributed by atoms with Crippen LogP contribution in [0.5, 0.6) is 0 Å². The molecular formula is C11H19BrN4. The molecule has 0 aromatic carbocycles. The molecule has 0 bridgehead atoms. The van der Waals surface area contributed by atoms with Crippen LogP contribution in [0.1, 0.15) is 17.8 Å². The monoisotopic (exact) mass is 286 g/mol. The van der Waals surface area contributed by atoms with Crippen LogP contribution in [0.3, 0.4) is 0 Å². The molecule has 90 valence electrons. The van der Waals surface area contributed by atoms with Gasteiger partial charge in [0.2, 0.25) is 0 Å². The van der Waals surface area contributed by atoms with Crippen molar-refractivity contribution in [2.45, 2.75) is 25.9 Å². The summed E-state index contributed by atoms with van der Waals surface area (Å²) >= 11 is 3.59. The Balaban J connectivity index is 1.94. The lowest BCUT2D eigenvalue weighted by Gasteiger charge is -2.13. The Morgan fingerprint density at radius 1 is 1.50 bits per heavy atom. The first-order valence-corrected chi connectivity index (χ1v) is 6.47. The number of aromatic nitrogens is 2. The van der Waals surface area contributed by atoms with Crippen molar-refractivity contribution in [1.82, 2.24) is 20.0 Å². The molecule has 0 aliphatic carbocycles. The lowest BCUT2D eigenvalue weighted by Crippen LogP contribution is -2.31. The normalized spacial score (nSPS) is 21.9. The van der Waals surface area contributed by atoms with Crippen LogP contribution >= 0.6 is 15.9 Å². The van der Waals surface area contributed by atoms with E-state index in [0.717, 1.165) is 23.3 Å². The van der Waals surface area contributed by atoms with Gasteiger partial charge in [0, 0.05) is 26.2 Å². The van der Waals surface area contributed by atoms with Gasteiger partial charge in [0.25, 0.3) is 0 Å². The first-order valence-electron chi connectivity index (χ1n) is 5.68. The maximum Gasteiger partial charge on any atom is 0.0739 e. The number of likely N-dealkylation sites (tertiary alicyclic amines) is 1. The Kier molecular flexibility index (Phi) is 3.66. The van der Waals surface area contributed by atoms with E-state index < -0.39 is 0 Å². The van der Waals surface area contributed by atoms with Crippen molar-refractivity contribution in [1.29, 1.82) is 0 Å². The number of hydrogen-bond donors (Lipinski definition) is 1. The van der Waals surface area contributed by atoms with Crippen LogP contribution in [0, 0.1) is 6.92 Å². The van der Waals surface area contributed by atoms with E-state index in [4.69, 9.17) is 0 Å². The molecule has 1 aliphatic heterocycles. The van der Waals surface area contributed by atoms with Crippen LogP contribution in [0.15, 0.2) is 4.47 Å². The van der Waals surface area contributed by atoms with Gasteiger partial charge in [-0.3, -0.25) is 4.68 Å². The molecule has 5 heteroatoms. The van der Waals surface area contributed by atoms with Gasteiger partial charge in [0.15, 0.2) is 0 Å². The molecule has 0 spiro atoms. The molecule has 1 aromatic rings. The highest BCUT2D eigenvalue weighted by atomic mass is 79.9. The molecule has 1 saturated heterocycles. The Labute approximate surface area is 105 Å². The zero-order valence-corrected chi connectivity index (χ0v) is 11.7. The van der Waals surface area contributed by atoms with Crippen molar-refractivity contribution in [2.24, 2.45) is 7.05 Å². The van der Waals surface area contributed by atoms with Gasteiger partial charge in [-0.2, -0.15) is 5.10 Å². The topological polar surface area (TPSA) is 33.1 Å². The van der Waals surface area contributed by atoms with Gasteiger partial charge < -0.3 is 10.2 Å². The molecule has 0 saturated carbocycles. The number of nitrogens with zero attached hydrogens (tertiary/aromatic N) is 3. The van der Waals surface area contributed by atoms with E-state index >= 15 is 0 Å². The highest BCUT2D eigenvalue weighted by Crippen LogP contribution is 2.20. The van der Waals surface area contributed by atoms with Gasteiger partial charge >= 0.3 is 0 Å². The van der Waals surface area contributed by atoms with Crippen LogP contribution in [-0.4, -0.2) is 40.9 Å². The van der Waals surface area contributed by atoms with Gasteiger partial charge in [-0.15, -0.1) is 0 Å². The number of likely N-dealkylation sites (N-methyl/N-ethyl adjacent to an activating group) is 1. The number of nitrogens with one attached hydrogen (secondary N) is 1. The maximum atomic E-state index is 4.39. The fraction of sp³-hybridized carbons (Fsp3) is 0.727. The predicted molar refractivity (Wildman–Crippen MR) is 68.4 cm³/mol. The Bertz CT molecular complexity index is 374. The van der Waals surface area contributed by atoms with Gasteiger partial charge in [0.05, 0.1) is 15.9 Å². The fourth-order valence-electron chi connectivity index (χ4n) is 2.21. The molecule has 2 heterocycles. The van der Waals surface area contributed by atoms with Crippen molar-refractivity contribution >= 4 is 15.9 Å². The van der Waals surface area contributed by atoms with E-state index in [1.165, 1.54) is 18.7 Å². The van der Waals surface area contributed by atoms with Crippen molar-refractivity contribution < 1.29 is 0 Å². The van der Waals surface area contributed by atoms with Gasteiger partial charge in [0.1, 0.15) is 0 Å². The lowest BCUT2D eigenvalue weighted by molar-refractivity contribution is 0.396. The van der Waals surface area contributed by atoms with E-state index in [1.54, 1.807) is 0 Å². The smallest absolute Gasteiger partial charge is 0.0739 e. The quantitative estimate of drug-likeness (QED) is 0.909. The third kappa shape index (κ3) is 2.47. The van der Waals surface area contributed by atoms with Crippen molar-refractivity contribution in [3.8, 4) is 0 Å². The Morgan fingerprint density at radius 3 is 2.75 bits per heavy atom. The van der Waals surface area contributed by atoms with E-state index in [0.29, 0.717) is 6.04 Å². The molecule has 1 aliphatic rings. The van der Waals surface area contributed by atoms with Crippen LogP contribution in [0.25, 0.3) is 0 Å². The molecule has 1 unspecified atom stereocenters. The number of aryl methyl sites for hydroxylation is 2. The molecular weight excluding hydrogens is 268 g/mol. The molecule has 0 radical (unpaired) electrons. The Hall–Kier alpha value is -0.390. The standard InChI is InChI=1S/C11H19BrN4/c1-8-11(12)10(16(3)14-8)6-13-9-4-5-15(2)7-9/h9,13H,4-7H2,1-3H3. The molecule has 1 N–H and O–H groups in total. The Morgan fingerprint density at radius 2 is 2.25 bits per heavy atom. The summed E-state index contributed by atoms with van der Waals surface area (Å²) in [7, 11) is 4.17. The van der Waals surface area contributed by atoms with Crippen LogP contribution in [0.4, 0.5) is 0 Å². The predicted octanol–water partition coefficient (Wildman–Crippen LogP) is 1.28. The second-order valence-electron chi connectivity index (χ2n) is 4.60. The van der Waals surface area contributed by atoms with Crippen molar-refractivity contribution in [2.75, 3.05) is 20.1 Å². The van der Waals surface area contributed by atoms with Crippen molar-refractivity contribution in [3.63, 3.8) is 0 Å². The first-order chi connectivity index (χ1) is 7.58. The summed E-state index contributed by atoms with van der Waals surface area (Å²) in [5.74, 6) is 0. The third-order valence-electron chi connectivity index (χ3n) is 3.21. The molecule has 1 aromatic heterocycles. The van der Waals surface area contributed by atoms with Gasteiger partial charge in [-0.1, -0.05) is 0 Å². The summed E-state index contributed by atoms with van der Waals surface area (Å²) in [5.41, 5.74) is 2.29. The summed E-state index contributed by atoms with van der Waals surface area (Å²) in [4.78, 5) is 2.36. The van der Waals surface area contributed by atoms with E-state index in [-0.39, 0.29) is 0 Å². The number of halogens is 1. The lowest BCUT2D eigenvalue weighted by atomic mass is 10.2. The SMILES string of the molecule is Cc1nn(C)c(CNC2CCN(C)C2)c1Br. The summed E-state index contributed by atoms with van der Waals surface area (Å²) < 4.78 is 3.08. The molecule has 4 nitrogen and oxygen atoms in total. The van der Waals surface area contributed by atoms with E-state index in [1.807, 2.05) is 18.7 Å². The second-order valence-corrected chi connectivity index (χ2v) is 5.39. The highest BCUT2D eigenvalue weighted by Gasteiger charge is 2.19. The number of rotatable bonds is 3. The highest BCUT2D eigenvalue weighted by molar-refractivity contribution is 9.10. The minimum atomic E-state index is 0.618. The zero-order chi connectivity index (χ0) is 11.7. The maximum absolute atomic E-state index is 4.39. The van der Waals surface area contributed by atoms with Crippen LogP contribution < -0.4 is 5.32 Å². The van der Waals surface area contributed by atoms with Crippen molar-refractivity contribution in [3.05, 3.63) is 15.9 Å². The largest absolute Gasteiger partial charge is 0.307 e. The van der Waals surface area contributed by atoms with Crippen LogP contribution in [-0.2, 0) is 13.6 Å². The fourth-order valence-corrected chi connectivity index (χ4v) is 2.69. The third-order valence-corrected chi connectivity index (χ3v) is 4.24. The van der Waals surface area contributed by atoms with Gasteiger partial charge in [-0.05, 0) is 42.9 Å². The summed E-state index contributed by atoms with van der Waals surface area (Å²) in [6, 6.07) is 0.618. The molecule has 1 fully saturated rings. The van der Waals surface area contributed by atoms with Gasteiger partial charge in [-0.25, -0.2) is 0 Å². The minimum absolute atomic E-state index is 0.618. The first kappa shape index (κ1) is 12.1. The van der Waals surface area contributed by atoms with Crippen LogP contribution in [0.2, 0.25) is 0 Å². The second kappa shape index (κ2) is 4.85. The zero-order valence-electron chi connectivity index (χ0n) is 10.1. The summed E-state index contributed by atoms with van der Waals surface area (Å²) in [6.45, 7) is 5.26. The molecule has 1 atom stereocenters. The molecule has 2 rings (SSSR count). The molecule has 16 heavy (non-hydrogen) atoms. The average Bonchev–Trinajstić information content (AvgIpc) is 2.72. The summed E-state index contributed by atoms with van der Waals surface area (Å²) in [6.07, 6.45) is 1.24. The minimum Gasteiger partial charge on any atom is -0.307 e. The average molecular weight is 287 g/mol. The van der Waals surface area contributed by atoms with E-state index in [9.17, 15) is 0 Å². The summed E-state index contributed by atoms with van der Waals surface area (Å²) in [5, 5.41) is 7.98.